The number of hydrogen-bond acceptors (Lipinski definition) is 2. The first kappa shape index (κ1) is 15.2. The molecule has 0 aliphatic carbocycles. The van der Waals surface area contributed by atoms with Gasteiger partial charge in [0.15, 0.2) is 0 Å². The molecule has 102 valence electrons. The van der Waals surface area contributed by atoms with Gasteiger partial charge in [0.1, 0.15) is 0 Å². The number of nitrogens with zero attached hydrogens (tertiary/aromatic N) is 1. The van der Waals surface area contributed by atoms with E-state index < -0.39 is 0 Å². The molecule has 0 radical (unpaired) electrons. The van der Waals surface area contributed by atoms with Crippen molar-refractivity contribution in [1.82, 2.24) is 10.3 Å². The van der Waals surface area contributed by atoms with Gasteiger partial charge in [-0.1, -0.05) is 33.8 Å². The lowest BCUT2D eigenvalue weighted by Gasteiger charge is -2.26. The molecular formula is C16H28N2. The first-order valence-corrected chi connectivity index (χ1v) is 7.05. The van der Waals surface area contributed by atoms with Crippen molar-refractivity contribution in [2.75, 3.05) is 6.54 Å². The van der Waals surface area contributed by atoms with Crippen molar-refractivity contribution in [2.45, 2.75) is 59.9 Å². The van der Waals surface area contributed by atoms with Crippen LogP contribution >= 0.6 is 0 Å². The highest BCUT2D eigenvalue weighted by Crippen LogP contribution is 2.22. The third kappa shape index (κ3) is 6.15. The van der Waals surface area contributed by atoms with Gasteiger partial charge in [-0.2, -0.15) is 0 Å². The lowest BCUT2D eigenvalue weighted by atomic mass is 9.86. The van der Waals surface area contributed by atoms with Crippen LogP contribution in [0.5, 0.6) is 0 Å². The van der Waals surface area contributed by atoms with Crippen LogP contribution in [0.2, 0.25) is 0 Å². The van der Waals surface area contributed by atoms with E-state index in [1.807, 2.05) is 6.20 Å². The molecule has 0 amide bonds. The predicted molar refractivity (Wildman–Crippen MR) is 78.8 cm³/mol. The minimum atomic E-state index is 0.357. The first-order chi connectivity index (χ1) is 8.40. The number of rotatable bonds is 6. The molecule has 0 fully saturated rings. The summed E-state index contributed by atoms with van der Waals surface area (Å²) in [6.07, 6.45) is 5.35. The van der Waals surface area contributed by atoms with E-state index in [1.165, 1.54) is 24.1 Å². The molecule has 1 aromatic rings. The number of pyridine rings is 1. The minimum absolute atomic E-state index is 0.357. The van der Waals surface area contributed by atoms with Crippen molar-refractivity contribution < 1.29 is 0 Å². The molecule has 1 unspecified atom stereocenters. The average Bonchev–Trinajstić information content (AvgIpc) is 2.27. The summed E-state index contributed by atoms with van der Waals surface area (Å²) in [6, 6.07) is 4.83. The number of hydrogen-bond donors (Lipinski definition) is 1. The second-order valence-corrected chi connectivity index (χ2v) is 6.45. The van der Waals surface area contributed by atoms with Gasteiger partial charge in [-0.05, 0) is 43.4 Å². The smallest absolute Gasteiger partial charge is 0.0419 e. The summed E-state index contributed by atoms with van der Waals surface area (Å²) < 4.78 is 0. The van der Waals surface area contributed by atoms with Gasteiger partial charge >= 0.3 is 0 Å². The Kier molecular flexibility index (Phi) is 5.80. The SMILES string of the molecule is CCCNC(Cc1ccc(C)cn1)CC(C)(C)C. The van der Waals surface area contributed by atoms with Crippen molar-refractivity contribution in [3.8, 4) is 0 Å². The molecule has 1 N–H and O–H groups in total. The summed E-state index contributed by atoms with van der Waals surface area (Å²) in [6.45, 7) is 12.3. The van der Waals surface area contributed by atoms with Gasteiger partial charge in [0.25, 0.3) is 0 Å². The molecule has 0 aromatic carbocycles. The van der Waals surface area contributed by atoms with E-state index in [2.05, 4.69) is 57.1 Å². The quantitative estimate of drug-likeness (QED) is 0.829. The summed E-state index contributed by atoms with van der Waals surface area (Å²) in [5.41, 5.74) is 2.78. The van der Waals surface area contributed by atoms with E-state index in [9.17, 15) is 0 Å². The molecule has 18 heavy (non-hydrogen) atoms. The molecule has 2 nitrogen and oxygen atoms in total. The molecule has 0 spiro atoms. The van der Waals surface area contributed by atoms with Crippen LogP contribution in [-0.4, -0.2) is 17.6 Å². The van der Waals surface area contributed by atoms with E-state index in [0.717, 1.165) is 13.0 Å². The maximum Gasteiger partial charge on any atom is 0.0419 e. The second kappa shape index (κ2) is 6.89. The van der Waals surface area contributed by atoms with Crippen molar-refractivity contribution >= 4 is 0 Å². The maximum absolute atomic E-state index is 4.52. The second-order valence-electron chi connectivity index (χ2n) is 6.45. The topological polar surface area (TPSA) is 24.9 Å². The summed E-state index contributed by atoms with van der Waals surface area (Å²) in [5, 5.41) is 3.65. The molecule has 0 aliphatic heterocycles. The van der Waals surface area contributed by atoms with Crippen molar-refractivity contribution in [1.29, 1.82) is 0 Å². The Morgan fingerprint density at radius 2 is 2.00 bits per heavy atom. The molecule has 1 rings (SSSR count). The first-order valence-electron chi connectivity index (χ1n) is 7.05. The molecule has 0 saturated heterocycles. The zero-order valence-electron chi connectivity index (χ0n) is 12.6. The van der Waals surface area contributed by atoms with Crippen LogP contribution in [0.3, 0.4) is 0 Å². The highest BCUT2D eigenvalue weighted by atomic mass is 14.9. The van der Waals surface area contributed by atoms with E-state index in [4.69, 9.17) is 0 Å². The lowest BCUT2D eigenvalue weighted by Crippen LogP contribution is -2.35. The Hall–Kier alpha value is -0.890. The Balaban J connectivity index is 2.62. The van der Waals surface area contributed by atoms with Gasteiger partial charge in [-0.15, -0.1) is 0 Å². The zero-order valence-corrected chi connectivity index (χ0v) is 12.6. The lowest BCUT2D eigenvalue weighted by molar-refractivity contribution is 0.305. The van der Waals surface area contributed by atoms with E-state index in [-0.39, 0.29) is 0 Å². The fourth-order valence-electron chi connectivity index (χ4n) is 2.18. The Labute approximate surface area is 112 Å². The van der Waals surface area contributed by atoms with Crippen LogP contribution in [0, 0.1) is 12.3 Å². The van der Waals surface area contributed by atoms with Crippen molar-refractivity contribution in [2.24, 2.45) is 5.41 Å². The fourth-order valence-corrected chi connectivity index (χ4v) is 2.18. The largest absolute Gasteiger partial charge is 0.314 e. The number of aromatic nitrogens is 1. The van der Waals surface area contributed by atoms with Crippen LogP contribution in [0.25, 0.3) is 0 Å². The summed E-state index contributed by atoms with van der Waals surface area (Å²) in [7, 11) is 0. The van der Waals surface area contributed by atoms with E-state index >= 15 is 0 Å². The van der Waals surface area contributed by atoms with Gasteiger partial charge in [-0.25, -0.2) is 0 Å². The Morgan fingerprint density at radius 3 is 2.50 bits per heavy atom. The number of aryl methyl sites for hydroxylation is 1. The standard InChI is InChI=1S/C16H28N2/c1-6-9-17-15(11-16(3,4)5)10-14-8-7-13(2)12-18-14/h7-8,12,15,17H,6,9-11H2,1-5H3. The Bertz CT molecular complexity index is 335. The molecule has 1 aromatic heterocycles. The monoisotopic (exact) mass is 248 g/mol. The zero-order chi connectivity index (χ0) is 13.6. The van der Waals surface area contributed by atoms with Crippen LogP contribution in [0.1, 0.15) is 51.8 Å². The summed E-state index contributed by atoms with van der Waals surface area (Å²) in [5.74, 6) is 0. The summed E-state index contributed by atoms with van der Waals surface area (Å²) >= 11 is 0. The predicted octanol–water partition coefficient (Wildman–Crippen LogP) is 3.74. The fraction of sp³-hybridized carbons (Fsp3) is 0.688. The average molecular weight is 248 g/mol. The van der Waals surface area contributed by atoms with Gasteiger partial charge in [0.05, 0.1) is 0 Å². The van der Waals surface area contributed by atoms with Crippen molar-refractivity contribution in [3.63, 3.8) is 0 Å². The van der Waals surface area contributed by atoms with Crippen LogP contribution in [0.4, 0.5) is 0 Å². The van der Waals surface area contributed by atoms with Gasteiger partial charge in [0, 0.05) is 24.4 Å². The molecule has 0 aliphatic rings. The number of nitrogens with one attached hydrogen (secondary N) is 1. The molecule has 1 atom stereocenters. The normalized spacial score (nSPS) is 13.6. The highest BCUT2D eigenvalue weighted by molar-refractivity contribution is 5.13. The minimum Gasteiger partial charge on any atom is -0.314 e. The molecular weight excluding hydrogens is 220 g/mol. The van der Waals surface area contributed by atoms with Gasteiger partial charge in [0.2, 0.25) is 0 Å². The summed E-state index contributed by atoms with van der Waals surface area (Å²) in [4.78, 5) is 4.52. The van der Waals surface area contributed by atoms with Crippen LogP contribution in [-0.2, 0) is 6.42 Å². The Morgan fingerprint density at radius 1 is 1.28 bits per heavy atom. The maximum atomic E-state index is 4.52. The molecule has 0 saturated carbocycles. The molecule has 0 bridgehead atoms. The third-order valence-electron chi connectivity index (χ3n) is 2.97. The third-order valence-corrected chi connectivity index (χ3v) is 2.97. The van der Waals surface area contributed by atoms with Gasteiger partial charge < -0.3 is 5.32 Å². The van der Waals surface area contributed by atoms with E-state index in [1.54, 1.807) is 0 Å². The van der Waals surface area contributed by atoms with Crippen LogP contribution in [0.15, 0.2) is 18.3 Å². The van der Waals surface area contributed by atoms with Crippen molar-refractivity contribution in [3.05, 3.63) is 29.6 Å². The highest BCUT2D eigenvalue weighted by Gasteiger charge is 2.18. The molecule has 2 heteroatoms. The van der Waals surface area contributed by atoms with Gasteiger partial charge in [-0.3, -0.25) is 4.98 Å². The van der Waals surface area contributed by atoms with E-state index in [0.29, 0.717) is 11.5 Å². The molecule has 1 heterocycles. The van der Waals surface area contributed by atoms with Crippen LogP contribution < -0.4 is 5.32 Å².